The van der Waals surface area contributed by atoms with Gasteiger partial charge in [0.25, 0.3) is 0 Å². The molecule has 0 bridgehead atoms. The highest BCUT2D eigenvalue weighted by Crippen LogP contribution is 2.45. The first-order chi connectivity index (χ1) is 7.29. The fourth-order valence-corrected chi connectivity index (χ4v) is 3.14. The molecule has 80 valence electrons. The summed E-state index contributed by atoms with van der Waals surface area (Å²) in [7, 11) is 0. The van der Waals surface area contributed by atoms with Crippen molar-refractivity contribution >= 4 is 0 Å². The number of hydrogen-bond acceptors (Lipinski definition) is 2. The molecule has 0 unspecified atom stereocenters. The van der Waals surface area contributed by atoms with E-state index < -0.39 is 0 Å². The van der Waals surface area contributed by atoms with Gasteiger partial charge in [-0.15, -0.1) is 0 Å². The topological polar surface area (TPSA) is 32.3 Å². The highest BCUT2D eigenvalue weighted by atomic mass is 16.3. The fourth-order valence-electron chi connectivity index (χ4n) is 3.14. The Balaban J connectivity index is 1.94. The largest absolute Gasteiger partial charge is 0.508 e. The standard InChI is InChI=1S/C13H17NO/c15-12-3-1-2-10-8-13(9-11(10)12)4-6-14-7-5-13/h1-3,14-15H,4-9H2. The Bertz CT molecular complexity index is 380. The second-order valence-electron chi connectivity index (χ2n) is 5.02. The predicted molar refractivity (Wildman–Crippen MR) is 60.1 cm³/mol. The summed E-state index contributed by atoms with van der Waals surface area (Å²) in [5.74, 6) is 0.503. The Kier molecular flexibility index (Phi) is 1.99. The van der Waals surface area contributed by atoms with Crippen LogP contribution in [-0.4, -0.2) is 18.2 Å². The van der Waals surface area contributed by atoms with Crippen LogP contribution in [0.2, 0.25) is 0 Å². The molecule has 1 fully saturated rings. The van der Waals surface area contributed by atoms with E-state index >= 15 is 0 Å². The third-order valence-corrected chi connectivity index (χ3v) is 4.03. The van der Waals surface area contributed by atoms with Gasteiger partial charge in [0.05, 0.1) is 0 Å². The number of piperidine rings is 1. The number of hydrogen-bond donors (Lipinski definition) is 2. The maximum Gasteiger partial charge on any atom is 0.119 e. The second kappa shape index (κ2) is 3.24. The van der Waals surface area contributed by atoms with Crippen molar-refractivity contribution in [2.75, 3.05) is 13.1 Å². The minimum atomic E-state index is 0.451. The lowest BCUT2D eigenvalue weighted by atomic mass is 9.76. The van der Waals surface area contributed by atoms with Gasteiger partial charge < -0.3 is 10.4 Å². The molecule has 2 nitrogen and oxygen atoms in total. The summed E-state index contributed by atoms with van der Waals surface area (Å²) in [6.45, 7) is 2.27. The summed E-state index contributed by atoms with van der Waals surface area (Å²) in [5, 5.41) is 13.2. The van der Waals surface area contributed by atoms with E-state index in [0.717, 1.165) is 19.5 Å². The van der Waals surface area contributed by atoms with Crippen molar-refractivity contribution in [3.8, 4) is 5.75 Å². The van der Waals surface area contributed by atoms with Crippen LogP contribution in [0.15, 0.2) is 18.2 Å². The zero-order valence-electron chi connectivity index (χ0n) is 8.92. The van der Waals surface area contributed by atoms with Crippen LogP contribution in [0.5, 0.6) is 5.75 Å². The quantitative estimate of drug-likeness (QED) is 0.674. The van der Waals surface area contributed by atoms with Gasteiger partial charge in [0.2, 0.25) is 0 Å². The van der Waals surface area contributed by atoms with Crippen molar-refractivity contribution in [1.82, 2.24) is 5.32 Å². The minimum Gasteiger partial charge on any atom is -0.508 e. The summed E-state index contributed by atoms with van der Waals surface area (Å²) in [5.41, 5.74) is 3.03. The Morgan fingerprint density at radius 1 is 1.13 bits per heavy atom. The molecule has 1 aliphatic carbocycles. The van der Waals surface area contributed by atoms with E-state index in [1.165, 1.54) is 30.4 Å². The maximum atomic E-state index is 9.83. The van der Waals surface area contributed by atoms with E-state index in [4.69, 9.17) is 0 Å². The van der Waals surface area contributed by atoms with Crippen LogP contribution in [0.1, 0.15) is 24.0 Å². The highest BCUT2D eigenvalue weighted by Gasteiger charge is 2.38. The van der Waals surface area contributed by atoms with Crippen LogP contribution in [0.4, 0.5) is 0 Å². The lowest BCUT2D eigenvalue weighted by molar-refractivity contribution is 0.215. The molecule has 1 aliphatic heterocycles. The third kappa shape index (κ3) is 1.44. The molecule has 1 aromatic carbocycles. The predicted octanol–water partition coefficient (Wildman–Crippen LogP) is 1.86. The first kappa shape index (κ1) is 9.22. The number of nitrogens with one attached hydrogen (secondary N) is 1. The van der Waals surface area contributed by atoms with Gasteiger partial charge in [-0.05, 0) is 61.4 Å². The molecule has 1 spiro atoms. The Labute approximate surface area is 90.3 Å². The molecule has 15 heavy (non-hydrogen) atoms. The van der Waals surface area contributed by atoms with Gasteiger partial charge in [-0.25, -0.2) is 0 Å². The molecule has 3 rings (SSSR count). The summed E-state index contributed by atoms with van der Waals surface area (Å²) < 4.78 is 0. The maximum absolute atomic E-state index is 9.83. The molecule has 0 radical (unpaired) electrons. The number of rotatable bonds is 0. The van der Waals surface area contributed by atoms with Crippen molar-refractivity contribution in [2.24, 2.45) is 5.41 Å². The van der Waals surface area contributed by atoms with Gasteiger partial charge in [-0.3, -0.25) is 0 Å². The Morgan fingerprint density at radius 2 is 1.93 bits per heavy atom. The smallest absolute Gasteiger partial charge is 0.119 e. The summed E-state index contributed by atoms with van der Waals surface area (Å²) in [6.07, 6.45) is 4.75. The molecule has 2 N–H and O–H groups in total. The molecule has 2 heteroatoms. The second-order valence-corrected chi connectivity index (χ2v) is 5.02. The number of phenols is 1. The number of fused-ring (bicyclic) bond motifs is 1. The van der Waals surface area contributed by atoms with Crippen molar-refractivity contribution in [3.05, 3.63) is 29.3 Å². The van der Waals surface area contributed by atoms with Crippen LogP contribution >= 0.6 is 0 Å². The number of aromatic hydroxyl groups is 1. The first-order valence-corrected chi connectivity index (χ1v) is 5.80. The monoisotopic (exact) mass is 203 g/mol. The van der Waals surface area contributed by atoms with Crippen molar-refractivity contribution < 1.29 is 5.11 Å². The van der Waals surface area contributed by atoms with E-state index in [1.54, 1.807) is 0 Å². The lowest BCUT2D eigenvalue weighted by Gasteiger charge is -2.33. The van der Waals surface area contributed by atoms with E-state index in [2.05, 4.69) is 11.4 Å². The van der Waals surface area contributed by atoms with Crippen molar-refractivity contribution in [3.63, 3.8) is 0 Å². The molecule has 0 amide bonds. The van der Waals surface area contributed by atoms with Crippen molar-refractivity contribution in [2.45, 2.75) is 25.7 Å². The van der Waals surface area contributed by atoms with Gasteiger partial charge in [0, 0.05) is 0 Å². The van der Waals surface area contributed by atoms with E-state index in [0.29, 0.717) is 11.2 Å². The van der Waals surface area contributed by atoms with Crippen LogP contribution in [-0.2, 0) is 12.8 Å². The summed E-state index contributed by atoms with van der Waals surface area (Å²) >= 11 is 0. The molecule has 0 aromatic heterocycles. The minimum absolute atomic E-state index is 0.451. The molecule has 0 saturated carbocycles. The van der Waals surface area contributed by atoms with Crippen LogP contribution in [0.3, 0.4) is 0 Å². The molecular formula is C13H17NO. The van der Waals surface area contributed by atoms with Crippen molar-refractivity contribution in [1.29, 1.82) is 0 Å². The van der Waals surface area contributed by atoms with E-state index in [9.17, 15) is 5.11 Å². The lowest BCUT2D eigenvalue weighted by Crippen LogP contribution is -2.37. The zero-order valence-corrected chi connectivity index (χ0v) is 8.92. The average molecular weight is 203 g/mol. The molecule has 1 saturated heterocycles. The zero-order chi connectivity index (χ0) is 10.3. The van der Waals surface area contributed by atoms with Gasteiger partial charge >= 0.3 is 0 Å². The Hall–Kier alpha value is -1.02. The molecular weight excluding hydrogens is 186 g/mol. The molecule has 1 heterocycles. The number of benzene rings is 1. The summed E-state index contributed by atoms with van der Waals surface area (Å²) in [4.78, 5) is 0. The number of phenolic OH excluding ortho intramolecular Hbond substituents is 1. The van der Waals surface area contributed by atoms with E-state index in [-0.39, 0.29) is 0 Å². The molecule has 2 aliphatic rings. The molecule has 0 atom stereocenters. The van der Waals surface area contributed by atoms with Gasteiger partial charge in [-0.1, -0.05) is 12.1 Å². The van der Waals surface area contributed by atoms with Crippen LogP contribution in [0.25, 0.3) is 0 Å². The normalized spacial score (nSPS) is 22.9. The molecule has 1 aromatic rings. The first-order valence-electron chi connectivity index (χ1n) is 5.80. The van der Waals surface area contributed by atoms with Crippen LogP contribution in [0, 0.1) is 5.41 Å². The summed E-state index contributed by atoms with van der Waals surface area (Å²) in [6, 6.07) is 5.96. The Morgan fingerprint density at radius 3 is 2.67 bits per heavy atom. The third-order valence-electron chi connectivity index (χ3n) is 4.03. The van der Waals surface area contributed by atoms with Gasteiger partial charge in [0.1, 0.15) is 5.75 Å². The van der Waals surface area contributed by atoms with E-state index in [1.807, 2.05) is 12.1 Å². The average Bonchev–Trinajstić information content (AvgIpc) is 2.59. The van der Waals surface area contributed by atoms with Gasteiger partial charge in [0.15, 0.2) is 0 Å². The highest BCUT2D eigenvalue weighted by molar-refractivity contribution is 5.44. The SMILES string of the molecule is Oc1cccc2c1CC1(CCNCC1)C2. The fraction of sp³-hybridized carbons (Fsp3) is 0.538. The van der Waals surface area contributed by atoms with Gasteiger partial charge in [-0.2, -0.15) is 0 Å². The van der Waals surface area contributed by atoms with Crippen LogP contribution < -0.4 is 5.32 Å².